The standard InChI is InChI=1S/C15H16Cl2N2O/c1-18-14(13-5-3-12(17)9-19-13)8-10-7-11(16)4-6-15(10)20-2/h3-7,9,14,18H,8H2,1-2H3. The highest BCUT2D eigenvalue weighted by Gasteiger charge is 2.14. The second kappa shape index (κ2) is 6.93. The zero-order valence-corrected chi connectivity index (χ0v) is 12.9. The number of pyridine rings is 1. The Morgan fingerprint density at radius 3 is 2.55 bits per heavy atom. The second-order valence-electron chi connectivity index (χ2n) is 4.40. The highest BCUT2D eigenvalue weighted by molar-refractivity contribution is 6.30. The summed E-state index contributed by atoms with van der Waals surface area (Å²) >= 11 is 11.9. The zero-order chi connectivity index (χ0) is 14.5. The van der Waals surface area contributed by atoms with Gasteiger partial charge in [0.1, 0.15) is 5.75 Å². The number of nitrogens with zero attached hydrogens (tertiary/aromatic N) is 1. The first-order chi connectivity index (χ1) is 9.63. The monoisotopic (exact) mass is 310 g/mol. The third-order valence-electron chi connectivity index (χ3n) is 3.12. The molecule has 0 radical (unpaired) electrons. The fourth-order valence-electron chi connectivity index (χ4n) is 2.07. The molecule has 2 aromatic rings. The molecule has 0 saturated carbocycles. The first-order valence-electron chi connectivity index (χ1n) is 6.25. The van der Waals surface area contributed by atoms with Gasteiger partial charge < -0.3 is 10.1 Å². The maximum atomic E-state index is 6.06. The van der Waals surface area contributed by atoms with Crippen molar-refractivity contribution in [2.45, 2.75) is 12.5 Å². The molecule has 20 heavy (non-hydrogen) atoms. The van der Waals surface area contributed by atoms with Gasteiger partial charge in [0, 0.05) is 11.2 Å². The number of hydrogen-bond acceptors (Lipinski definition) is 3. The lowest BCUT2D eigenvalue weighted by Gasteiger charge is -2.17. The van der Waals surface area contributed by atoms with Crippen LogP contribution in [0.1, 0.15) is 17.3 Å². The molecule has 5 heteroatoms. The van der Waals surface area contributed by atoms with Crippen LogP contribution in [0.2, 0.25) is 10.0 Å². The quantitative estimate of drug-likeness (QED) is 0.909. The van der Waals surface area contributed by atoms with Crippen molar-refractivity contribution in [2.24, 2.45) is 0 Å². The lowest BCUT2D eigenvalue weighted by molar-refractivity contribution is 0.406. The summed E-state index contributed by atoms with van der Waals surface area (Å²) < 4.78 is 5.37. The van der Waals surface area contributed by atoms with Crippen molar-refractivity contribution in [1.29, 1.82) is 0 Å². The van der Waals surface area contributed by atoms with Crippen molar-refractivity contribution in [2.75, 3.05) is 14.2 Å². The molecule has 1 unspecified atom stereocenters. The first kappa shape index (κ1) is 15.1. The van der Waals surface area contributed by atoms with E-state index in [4.69, 9.17) is 27.9 Å². The lowest BCUT2D eigenvalue weighted by Crippen LogP contribution is -2.20. The highest BCUT2D eigenvalue weighted by atomic mass is 35.5. The lowest BCUT2D eigenvalue weighted by atomic mass is 10.0. The van der Waals surface area contributed by atoms with Crippen LogP contribution in [0.3, 0.4) is 0 Å². The Labute approximate surface area is 128 Å². The maximum Gasteiger partial charge on any atom is 0.122 e. The van der Waals surface area contributed by atoms with Gasteiger partial charge in [0.15, 0.2) is 0 Å². The third kappa shape index (κ3) is 3.63. The molecule has 0 fully saturated rings. The normalized spacial score (nSPS) is 12.2. The Morgan fingerprint density at radius 1 is 1.20 bits per heavy atom. The molecule has 0 bridgehead atoms. The number of halogens is 2. The van der Waals surface area contributed by atoms with Crippen LogP contribution in [0, 0.1) is 0 Å². The van der Waals surface area contributed by atoms with Crippen LogP contribution in [0.5, 0.6) is 5.75 Å². The number of methoxy groups -OCH3 is 1. The first-order valence-corrected chi connectivity index (χ1v) is 7.00. The van der Waals surface area contributed by atoms with Crippen molar-refractivity contribution in [3.05, 3.63) is 57.8 Å². The molecule has 0 saturated heterocycles. The van der Waals surface area contributed by atoms with Gasteiger partial charge in [-0.3, -0.25) is 4.98 Å². The minimum Gasteiger partial charge on any atom is -0.496 e. The fourth-order valence-corrected chi connectivity index (χ4v) is 2.38. The van der Waals surface area contributed by atoms with Gasteiger partial charge in [-0.1, -0.05) is 23.2 Å². The van der Waals surface area contributed by atoms with Crippen molar-refractivity contribution in [1.82, 2.24) is 10.3 Å². The Balaban J connectivity index is 2.26. The van der Waals surface area contributed by atoms with E-state index in [-0.39, 0.29) is 6.04 Å². The Morgan fingerprint density at radius 2 is 1.95 bits per heavy atom. The van der Waals surface area contributed by atoms with E-state index in [1.807, 2.05) is 37.4 Å². The van der Waals surface area contributed by atoms with E-state index in [1.54, 1.807) is 13.3 Å². The molecule has 1 N–H and O–H groups in total. The van der Waals surface area contributed by atoms with Gasteiger partial charge in [-0.2, -0.15) is 0 Å². The Kier molecular flexibility index (Phi) is 5.24. The average Bonchev–Trinajstić information content (AvgIpc) is 2.46. The highest BCUT2D eigenvalue weighted by Crippen LogP contribution is 2.27. The van der Waals surface area contributed by atoms with Crippen LogP contribution in [-0.2, 0) is 6.42 Å². The molecule has 0 aliphatic rings. The van der Waals surface area contributed by atoms with Gasteiger partial charge in [-0.15, -0.1) is 0 Å². The minimum atomic E-state index is 0.0691. The number of hydrogen-bond donors (Lipinski definition) is 1. The van der Waals surface area contributed by atoms with Gasteiger partial charge in [-0.25, -0.2) is 0 Å². The third-order valence-corrected chi connectivity index (χ3v) is 3.58. The molecule has 1 heterocycles. The molecule has 1 aromatic heterocycles. The van der Waals surface area contributed by atoms with E-state index in [1.165, 1.54) is 0 Å². The molecular weight excluding hydrogens is 295 g/mol. The molecule has 106 valence electrons. The smallest absolute Gasteiger partial charge is 0.122 e. The average molecular weight is 311 g/mol. The topological polar surface area (TPSA) is 34.1 Å². The number of aromatic nitrogens is 1. The summed E-state index contributed by atoms with van der Waals surface area (Å²) in [7, 11) is 3.56. The SMILES string of the molecule is CNC(Cc1cc(Cl)ccc1OC)c1ccc(Cl)cn1. The van der Waals surface area contributed by atoms with Crippen LogP contribution in [0.4, 0.5) is 0 Å². The Hall–Kier alpha value is -1.29. The van der Waals surface area contributed by atoms with E-state index >= 15 is 0 Å². The van der Waals surface area contributed by atoms with Gasteiger partial charge in [0.2, 0.25) is 0 Å². The fraction of sp³-hybridized carbons (Fsp3) is 0.267. The van der Waals surface area contributed by atoms with E-state index in [0.29, 0.717) is 10.0 Å². The molecule has 1 atom stereocenters. The van der Waals surface area contributed by atoms with E-state index < -0.39 is 0 Å². The molecule has 0 amide bonds. The van der Waals surface area contributed by atoms with Crippen molar-refractivity contribution in [3.8, 4) is 5.75 Å². The van der Waals surface area contributed by atoms with Gasteiger partial charge in [-0.05, 0) is 49.4 Å². The molecular formula is C15H16Cl2N2O. The zero-order valence-electron chi connectivity index (χ0n) is 11.4. The van der Waals surface area contributed by atoms with Crippen LogP contribution < -0.4 is 10.1 Å². The molecule has 0 aliphatic carbocycles. The van der Waals surface area contributed by atoms with Crippen LogP contribution in [0.15, 0.2) is 36.5 Å². The molecule has 0 spiro atoms. The summed E-state index contributed by atoms with van der Waals surface area (Å²) in [6.45, 7) is 0. The van der Waals surface area contributed by atoms with Gasteiger partial charge in [0.25, 0.3) is 0 Å². The molecule has 0 aliphatic heterocycles. The summed E-state index contributed by atoms with van der Waals surface area (Å²) in [5.41, 5.74) is 1.97. The van der Waals surface area contributed by atoms with E-state index in [9.17, 15) is 0 Å². The van der Waals surface area contributed by atoms with E-state index in [2.05, 4.69) is 10.3 Å². The number of benzene rings is 1. The molecule has 1 aromatic carbocycles. The minimum absolute atomic E-state index is 0.0691. The molecule has 2 rings (SSSR count). The number of likely N-dealkylation sites (N-methyl/N-ethyl adjacent to an activating group) is 1. The number of nitrogens with one attached hydrogen (secondary N) is 1. The van der Waals surface area contributed by atoms with E-state index in [0.717, 1.165) is 23.4 Å². The number of rotatable bonds is 5. The summed E-state index contributed by atoms with van der Waals surface area (Å²) in [5.74, 6) is 0.823. The molecule has 3 nitrogen and oxygen atoms in total. The summed E-state index contributed by atoms with van der Waals surface area (Å²) in [4.78, 5) is 4.36. The van der Waals surface area contributed by atoms with Crippen molar-refractivity contribution < 1.29 is 4.74 Å². The van der Waals surface area contributed by atoms with Crippen LogP contribution in [-0.4, -0.2) is 19.1 Å². The van der Waals surface area contributed by atoms with Crippen molar-refractivity contribution in [3.63, 3.8) is 0 Å². The van der Waals surface area contributed by atoms with Crippen molar-refractivity contribution >= 4 is 23.2 Å². The summed E-state index contributed by atoms with van der Waals surface area (Å²) in [5, 5.41) is 4.58. The summed E-state index contributed by atoms with van der Waals surface area (Å²) in [6.07, 6.45) is 2.38. The maximum absolute atomic E-state index is 6.06. The predicted molar refractivity (Wildman–Crippen MR) is 82.8 cm³/mol. The summed E-state index contributed by atoms with van der Waals surface area (Å²) in [6, 6.07) is 9.43. The predicted octanol–water partition coefficient (Wildman–Crippen LogP) is 3.90. The van der Waals surface area contributed by atoms with Crippen LogP contribution >= 0.6 is 23.2 Å². The van der Waals surface area contributed by atoms with Crippen LogP contribution in [0.25, 0.3) is 0 Å². The van der Waals surface area contributed by atoms with Gasteiger partial charge in [0.05, 0.1) is 23.9 Å². The van der Waals surface area contributed by atoms with Gasteiger partial charge >= 0.3 is 0 Å². The largest absolute Gasteiger partial charge is 0.496 e. The number of ether oxygens (including phenoxy) is 1. The Bertz CT molecular complexity index is 573. The second-order valence-corrected chi connectivity index (χ2v) is 5.28.